The molecule has 3 heterocycles. The Balaban J connectivity index is 1.44. The molecule has 3 aliphatic heterocycles. The van der Waals surface area contributed by atoms with E-state index >= 15 is 0 Å². The molecule has 2 amide bonds. The predicted molar refractivity (Wildman–Crippen MR) is 137 cm³/mol. The van der Waals surface area contributed by atoms with Crippen LogP contribution in [0.3, 0.4) is 0 Å². The average Bonchev–Trinajstić information content (AvgIpc) is 3.10. The molecule has 4 rings (SSSR count). The predicted octanol–water partition coefficient (Wildman–Crippen LogP) is 1.38. The number of alkyl halides is 1. The van der Waals surface area contributed by atoms with E-state index in [9.17, 15) is 27.5 Å². The molecule has 12 heteroatoms. The van der Waals surface area contributed by atoms with Gasteiger partial charge in [0.15, 0.2) is 5.11 Å². The van der Waals surface area contributed by atoms with Crippen LogP contribution in [0.15, 0.2) is 17.5 Å². The SMILES string of the molecule is Cc1cc(C(=O)N2CCC(O)(CF)CC2)cc(C)c1/C=C/S(=O)(=O)N1CCC2(CC1)NC(=S)NC2=O. The van der Waals surface area contributed by atoms with E-state index in [1.165, 1.54) is 10.4 Å². The van der Waals surface area contributed by atoms with E-state index in [2.05, 4.69) is 10.6 Å². The third-order valence-electron chi connectivity index (χ3n) is 7.43. The second-order valence-corrected chi connectivity index (χ2v) is 12.1. The van der Waals surface area contributed by atoms with Crippen LogP contribution >= 0.6 is 12.2 Å². The molecule has 3 aliphatic rings. The molecule has 0 saturated carbocycles. The van der Waals surface area contributed by atoms with Crippen molar-refractivity contribution in [3.8, 4) is 0 Å². The summed E-state index contributed by atoms with van der Waals surface area (Å²) in [6, 6.07) is 3.44. The second-order valence-electron chi connectivity index (χ2n) is 9.91. The molecule has 0 aliphatic carbocycles. The lowest BCUT2D eigenvalue weighted by Crippen LogP contribution is -2.55. The monoisotopic (exact) mass is 538 g/mol. The Morgan fingerprint density at radius 3 is 2.22 bits per heavy atom. The van der Waals surface area contributed by atoms with Gasteiger partial charge in [-0.1, -0.05) is 0 Å². The van der Waals surface area contributed by atoms with Crippen molar-refractivity contribution in [3.63, 3.8) is 0 Å². The van der Waals surface area contributed by atoms with Gasteiger partial charge in [0.2, 0.25) is 10.0 Å². The Morgan fingerprint density at radius 2 is 1.72 bits per heavy atom. The molecule has 3 saturated heterocycles. The highest BCUT2D eigenvalue weighted by Crippen LogP contribution is 2.29. The largest absolute Gasteiger partial charge is 0.387 e. The van der Waals surface area contributed by atoms with E-state index < -0.39 is 27.8 Å². The molecule has 1 aromatic rings. The van der Waals surface area contributed by atoms with Gasteiger partial charge in [0, 0.05) is 37.2 Å². The number of aryl methyl sites for hydroxylation is 2. The number of piperidine rings is 2. The first-order valence-electron chi connectivity index (χ1n) is 11.9. The molecule has 0 unspecified atom stereocenters. The maximum Gasteiger partial charge on any atom is 0.253 e. The molecule has 196 valence electrons. The maximum atomic E-state index is 13.0. The Hall–Kier alpha value is -2.41. The van der Waals surface area contributed by atoms with Crippen LogP contribution in [0, 0.1) is 13.8 Å². The minimum Gasteiger partial charge on any atom is -0.387 e. The summed E-state index contributed by atoms with van der Waals surface area (Å²) in [6.45, 7) is 3.73. The highest BCUT2D eigenvalue weighted by molar-refractivity contribution is 7.92. The number of benzene rings is 1. The first kappa shape index (κ1) is 26.6. The second kappa shape index (κ2) is 9.81. The number of carbonyl (C=O) groups is 2. The topological polar surface area (TPSA) is 119 Å². The number of nitrogens with zero attached hydrogens (tertiary/aromatic N) is 2. The van der Waals surface area contributed by atoms with Gasteiger partial charge in [0.1, 0.15) is 12.2 Å². The van der Waals surface area contributed by atoms with Crippen molar-refractivity contribution >= 4 is 45.2 Å². The molecule has 3 N–H and O–H groups in total. The van der Waals surface area contributed by atoms with Gasteiger partial charge in [-0.2, -0.15) is 4.31 Å². The van der Waals surface area contributed by atoms with Crippen LogP contribution in [0.1, 0.15) is 52.7 Å². The minimum atomic E-state index is -3.72. The molecule has 0 atom stereocenters. The fourth-order valence-electron chi connectivity index (χ4n) is 5.05. The zero-order valence-corrected chi connectivity index (χ0v) is 22.0. The Morgan fingerprint density at radius 1 is 1.14 bits per heavy atom. The molecule has 0 aromatic heterocycles. The number of nitrogens with one attached hydrogen (secondary N) is 2. The number of likely N-dealkylation sites (tertiary alicyclic amines) is 1. The number of rotatable bonds is 5. The molecule has 1 aromatic carbocycles. The average molecular weight is 539 g/mol. The van der Waals surface area contributed by atoms with Crippen LogP contribution in [-0.4, -0.2) is 83.6 Å². The van der Waals surface area contributed by atoms with Crippen molar-refractivity contribution in [1.29, 1.82) is 0 Å². The quantitative estimate of drug-likeness (QED) is 0.485. The lowest BCUT2D eigenvalue weighted by Gasteiger charge is -2.36. The van der Waals surface area contributed by atoms with E-state index in [4.69, 9.17) is 12.2 Å². The molecule has 0 bridgehead atoms. The fraction of sp³-hybridized carbons (Fsp3) is 0.542. The third kappa shape index (κ3) is 5.17. The summed E-state index contributed by atoms with van der Waals surface area (Å²) in [6.07, 6.45) is 2.56. The maximum absolute atomic E-state index is 13.0. The normalized spacial score (nSPS) is 22.2. The lowest BCUT2D eigenvalue weighted by atomic mass is 9.89. The van der Waals surface area contributed by atoms with Crippen molar-refractivity contribution in [3.05, 3.63) is 39.8 Å². The van der Waals surface area contributed by atoms with E-state index in [1.807, 2.05) is 13.8 Å². The zero-order chi connectivity index (χ0) is 26.3. The number of carbonyl (C=O) groups excluding carboxylic acids is 2. The molecular weight excluding hydrogens is 507 g/mol. The Bertz CT molecular complexity index is 1190. The van der Waals surface area contributed by atoms with Crippen LogP contribution in [0.25, 0.3) is 6.08 Å². The van der Waals surface area contributed by atoms with Gasteiger partial charge in [0.25, 0.3) is 11.8 Å². The van der Waals surface area contributed by atoms with Crippen molar-refractivity contribution in [1.82, 2.24) is 19.8 Å². The highest BCUT2D eigenvalue weighted by Gasteiger charge is 2.47. The number of sulfonamides is 1. The number of thiocarbonyl (C=S) groups is 1. The molecule has 9 nitrogen and oxygen atoms in total. The smallest absolute Gasteiger partial charge is 0.253 e. The van der Waals surface area contributed by atoms with Crippen molar-refractivity contribution in [2.45, 2.75) is 50.7 Å². The number of halogens is 1. The van der Waals surface area contributed by atoms with Crippen LogP contribution in [0.2, 0.25) is 0 Å². The summed E-state index contributed by atoms with van der Waals surface area (Å²) >= 11 is 5.02. The van der Waals surface area contributed by atoms with Crippen LogP contribution < -0.4 is 10.6 Å². The van der Waals surface area contributed by atoms with Gasteiger partial charge in [-0.15, -0.1) is 0 Å². The molecular formula is C24H31FN4O5S2. The fourth-order valence-corrected chi connectivity index (χ4v) is 6.51. The number of aliphatic hydroxyl groups is 1. The number of hydrogen-bond donors (Lipinski definition) is 3. The summed E-state index contributed by atoms with van der Waals surface area (Å²) in [5.41, 5.74) is 0.472. The number of hydrogen-bond acceptors (Lipinski definition) is 6. The van der Waals surface area contributed by atoms with E-state index in [0.717, 1.165) is 16.5 Å². The molecule has 1 spiro atoms. The van der Waals surface area contributed by atoms with Gasteiger partial charge >= 0.3 is 0 Å². The van der Waals surface area contributed by atoms with Gasteiger partial charge in [-0.05, 0) is 86.6 Å². The summed E-state index contributed by atoms with van der Waals surface area (Å²) in [5, 5.41) is 17.1. The van der Waals surface area contributed by atoms with Crippen LogP contribution in [0.5, 0.6) is 0 Å². The molecule has 3 fully saturated rings. The first-order chi connectivity index (χ1) is 16.9. The minimum absolute atomic E-state index is 0.189. The number of amides is 2. The zero-order valence-electron chi connectivity index (χ0n) is 20.3. The Kier molecular flexibility index (Phi) is 7.26. The summed E-state index contributed by atoms with van der Waals surface area (Å²) in [7, 11) is -3.72. The van der Waals surface area contributed by atoms with E-state index in [0.29, 0.717) is 24.0 Å². The van der Waals surface area contributed by atoms with Gasteiger partial charge in [-0.3, -0.25) is 9.59 Å². The van der Waals surface area contributed by atoms with Crippen molar-refractivity contribution in [2.24, 2.45) is 0 Å². The third-order valence-corrected chi connectivity index (χ3v) is 9.20. The van der Waals surface area contributed by atoms with Gasteiger partial charge in [0.05, 0.1) is 5.60 Å². The summed E-state index contributed by atoms with van der Waals surface area (Å²) < 4.78 is 40.3. The molecule has 36 heavy (non-hydrogen) atoms. The standard InChI is InChI=1S/C24H31FN4O5S2/c1-16-13-18(20(30)28-8-4-23(32,15-25)5-9-28)14-17(2)19(16)3-12-36(33,34)29-10-6-24(7-11-29)21(31)26-22(35)27-24/h3,12-14,32H,4-11,15H2,1-2H3,(H2,26,27,31,35)/b12-3+. The van der Waals surface area contributed by atoms with Crippen LogP contribution in [-0.2, 0) is 14.8 Å². The van der Waals surface area contributed by atoms with E-state index in [-0.39, 0.29) is 55.9 Å². The summed E-state index contributed by atoms with van der Waals surface area (Å²) in [4.78, 5) is 26.8. The van der Waals surface area contributed by atoms with Crippen molar-refractivity contribution in [2.75, 3.05) is 32.9 Å². The Labute approximate surface area is 215 Å². The van der Waals surface area contributed by atoms with Crippen molar-refractivity contribution < 1.29 is 27.5 Å². The van der Waals surface area contributed by atoms with Crippen LogP contribution in [0.4, 0.5) is 4.39 Å². The summed E-state index contributed by atoms with van der Waals surface area (Å²) in [5.74, 6) is -0.417. The first-order valence-corrected chi connectivity index (χ1v) is 13.8. The molecule has 0 radical (unpaired) electrons. The highest BCUT2D eigenvalue weighted by atomic mass is 32.2. The van der Waals surface area contributed by atoms with Gasteiger partial charge in [-0.25, -0.2) is 12.8 Å². The van der Waals surface area contributed by atoms with Gasteiger partial charge < -0.3 is 20.6 Å². The van der Waals surface area contributed by atoms with E-state index in [1.54, 1.807) is 17.0 Å². The lowest BCUT2D eigenvalue weighted by molar-refractivity contribution is -0.125.